The van der Waals surface area contributed by atoms with Crippen molar-refractivity contribution in [1.82, 2.24) is 9.36 Å². The van der Waals surface area contributed by atoms with Crippen LogP contribution in [0.4, 0.5) is 0 Å². The predicted molar refractivity (Wildman–Crippen MR) is 112 cm³/mol. The number of rotatable bonds is 4. The van der Waals surface area contributed by atoms with Crippen LogP contribution in [0.1, 0.15) is 23.7 Å². The summed E-state index contributed by atoms with van der Waals surface area (Å²) in [6.07, 6.45) is 5.71. The van der Waals surface area contributed by atoms with Crippen molar-refractivity contribution >= 4 is 11.5 Å². The lowest BCUT2D eigenvalue weighted by Crippen LogP contribution is -2.03. The Morgan fingerprint density at radius 1 is 1.00 bits per heavy atom. The SMILES string of the molecule is O=c1cc(-c2ccc(O[C@@H]3CCc4c(-c5ccncc5)cccc43)cc2)s[nH]1. The van der Waals surface area contributed by atoms with Crippen molar-refractivity contribution in [3.63, 3.8) is 0 Å². The summed E-state index contributed by atoms with van der Waals surface area (Å²) >= 11 is 1.35. The second-order valence-corrected chi connectivity index (χ2v) is 7.70. The minimum absolute atomic E-state index is 0.0611. The summed E-state index contributed by atoms with van der Waals surface area (Å²) in [5, 5.41) is 0. The summed E-state index contributed by atoms with van der Waals surface area (Å²) < 4.78 is 9.03. The molecule has 2 heterocycles. The molecule has 1 atom stereocenters. The van der Waals surface area contributed by atoms with Crippen LogP contribution < -0.4 is 10.3 Å². The summed E-state index contributed by atoms with van der Waals surface area (Å²) in [6.45, 7) is 0. The molecule has 1 aliphatic rings. The number of pyridine rings is 1. The van der Waals surface area contributed by atoms with Gasteiger partial charge in [-0.2, -0.15) is 0 Å². The zero-order valence-electron chi connectivity index (χ0n) is 15.1. The van der Waals surface area contributed by atoms with Crippen LogP contribution in [0.15, 0.2) is 77.9 Å². The molecule has 138 valence electrons. The van der Waals surface area contributed by atoms with Gasteiger partial charge in [0.05, 0.1) is 4.88 Å². The van der Waals surface area contributed by atoms with Crippen LogP contribution in [-0.2, 0) is 6.42 Å². The molecule has 4 aromatic rings. The highest BCUT2D eigenvalue weighted by atomic mass is 32.1. The molecule has 5 rings (SSSR count). The summed E-state index contributed by atoms with van der Waals surface area (Å²) in [5.41, 5.74) is 6.05. The Kier molecular flexibility index (Phi) is 4.29. The van der Waals surface area contributed by atoms with Gasteiger partial charge in [-0.05, 0) is 77.1 Å². The van der Waals surface area contributed by atoms with Crippen molar-refractivity contribution in [2.75, 3.05) is 0 Å². The number of benzene rings is 2. The molecule has 0 saturated heterocycles. The molecule has 2 aromatic carbocycles. The van der Waals surface area contributed by atoms with Crippen LogP contribution in [-0.4, -0.2) is 9.36 Å². The Morgan fingerprint density at radius 2 is 1.82 bits per heavy atom. The van der Waals surface area contributed by atoms with Crippen LogP contribution in [0.3, 0.4) is 0 Å². The summed E-state index contributed by atoms with van der Waals surface area (Å²) in [7, 11) is 0. The van der Waals surface area contributed by atoms with E-state index in [9.17, 15) is 4.79 Å². The first-order valence-electron chi connectivity index (χ1n) is 9.26. The smallest absolute Gasteiger partial charge is 0.258 e. The highest BCUT2D eigenvalue weighted by molar-refractivity contribution is 7.09. The van der Waals surface area contributed by atoms with Gasteiger partial charge in [0.1, 0.15) is 11.9 Å². The maximum atomic E-state index is 11.3. The maximum absolute atomic E-state index is 11.3. The van der Waals surface area contributed by atoms with E-state index in [4.69, 9.17) is 4.74 Å². The lowest BCUT2D eigenvalue weighted by Gasteiger charge is -2.16. The Morgan fingerprint density at radius 3 is 2.57 bits per heavy atom. The lowest BCUT2D eigenvalue weighted by atomic mass is 9.97. The molecule has 0 fully saturated rings. The molecule has 0 radical (unpaired) electrons. The van der Waals surface area contributed by atoms with Crippen LogP contribution >= 0.6 is 11.5 Å². The lowest BCUT2D eigenvalue weighted by molar-refractivity contribution is 0.207. The van der Waals surface area contributed by atoms with Gasteiger partial charge in [0.2, 0.25) is 0 Å². The number of nitrogens with one attached hydrogen (secondary N) is 1. The minimum atomic E-state index is -0.0621. The Hall–Kier alpha value is -3.18. The topological polar surface area (TPSA) is 55.0 Å². The fourth-order valence-corrected chi connectivity index (χ4v) is 4.52. The Labute approximate surface area is 166 Å². The third-order valence-corrected chi connectivity index (χ3v) is 6.02. The molecule has 0 spiro atoms. The fraction of sp³-hybridized carbons (Fsp3) is 0.130. The predicted octanol–water partition coefficient (Wildman–Crippen LogP) is 5.23. The standard InChI is InChI=1S/C23H18N2O2S/c26-23-14-22(28-25-23)16-4-6-17(7-5-16)27-21-9-8-19-18(2-1-3-20(19)21)15-10-12-24-13-11-15/h1-7,10-14,21H,8-9H2,(H,25,26)/t21-/m1/s1. The van der Waals surface area contributed by atoms with Crippen molar-refractivity contribution in [2.45, 2.75) is 18.9 Å². The van der Waals surface area contributed by atoms with Gasteiger partial charge >= 0.3 is 0 Å². The van der Waals surface area contributed by atoms with E-state index in [1.165, 1.54) is 33.8 Å². The van der Waals surface area contributed by atoms with Crippen molar-refractivity contribution in [1.29, 1.82) is 0 Å². The van der Waals surface area contributed by atoms with Gasteiger partial charge in [-0.3, -0.25) is 14.2 Å². The van der Waals surface area contributed by atoms with E-state index in [0.717, 1.165) is 29.0 Å². The molecule has 0 aliphatic heterocycles. The largest absolute Gasteiger partial charge is 0.486 e. The number of aromatic nitrogens is 2. The van der Waals surface area contributed by atoms with Crippen molar-refractivity contribution < 1.29 is 4.74 Å². The third kappa shape index (κ3) is 3.14. The van der Waals surface area contributed by atoms with Crippen LogP contribution in [0.2, 0.25) is 0 Å². The van der Waals surface area contributed by atoms with Crippen LogP contribution in [0.25, 0.3) is 21.6 Å². The number of hydrogen-bond donors (Lipinski definition) is 1. The molecule has 0 unspecified atom stereocenters. The highest BCUT2D eigenvalue weighted by Crippen LogP contribution is 2.40. The second-order valence-electron chi connectivity index (χ2n) is 6.86. The fourth-order valence-electron chi connectivity index (χ4n) is 3.83. The molecule has 1 N–H and O–H groups in total. The van der Waals surface area contributed by atoms with Gasteiger partial charge in [0, 0.05) is 18.5 Å². The summed E-state index contributed by atoms with van der Waals surface area (Å²) in [5.74, 6) is 0.846. The molecule has 5 heteroatoms. The van der Waals surface area contributed by atoms with E-state index in [0.29, 0.717) is 0 Å². The monoisotopic (exact) mass is 386 g/mol. The van der Waals surface area contributed by atoms with Gasteiger partial charge < -0.3 is 4.74 Å². The number of hydrogen-bond acceptors (Lipinski definition) is 4. The number of aromatic amines is 1. The average molecular weight is 386 g/mol. The van der Waals surface area contributed by atoms with Crippen LogP contribution in [0.5, 0.6) is 5.75 Å². The summed E-state index contributed by atoms with van der Waals surface area (Å²) in [4.78, 5) is 16.4. The molecule has 4 nitrogen and oxygen atoms in total. The number of nitrogens with zero attached hydrogens (tertiary/aromatic N) is 1. The van der Waals surface area contributed by atoms with Gasteiger partial charge in [-0.1, -0.05) is 29.7 Å². The molecule has 1 aliphatic carbocycles. The number of fused-ring (bicyclic) bond motifs is 1. The summed E-state index contributed by atoms with van der Waals surface area (Å²) in [6, 6.07) is 20.1. The zero-order valence-corrected chi connectivity index (χ0v) is 15.9. The van der Waals surface area contributed by atoms with E-state index in [1.54, 1.807) is 6.07 Å². The normalized spacial score (nSPS) is 15.4. The molecule has 28 heavy (non-hydrogen) atoms. The molecule has 0 amide bonds. The van der Waals surface area contributed by atoms with Crippen molar-refractivity contribution in [3.8, 4) is 27.3 Å². The Bertz CT molecular complexity index is 1160. The molecular formula is C23H18N2O2S. The van der Waals surface area contributed by atoms with E-state index >= 15 is 0 Å². The number of H-pyrrole nitrogens is 1. The van der Waals surface area contributed by atoms with E-state index in [1.807, 2.05) is 36.7 Å². The second kappa shape index (κ2) is 7.09. The van der Waals surface area contributed by atoms with Crippen molar-refractivity contribution in [2.24, 2.45) is 0 Å². The number of ether oxygens (including phenoxy) is 1. The quantitative estimate of drug-likeness (QED) is 0.522. The first-order chi connectivity index (χ1) is 13.8. The molecule has 2 aromatic heterocycles. The average Bonchev–Trinajstić information content (AvgIpc) is 3.36. The Balaban J connectivity index is 1.39. The van der Waals surface area contributed by atoms with Gasteiger partial charge in [0.25, 0.3) is 5.56 Å². The zero-order chi connectivity index (χ0) is 18.9. The molecule has 0 saturated carbocycles. The van der Waals surface area contributed by atoms with Gasteiger partial charge in [-0.25, -0.2) is 0 Å². The molecule has 0 bridgehead atoms. The van der Waals surface area contributed by atoms with Crippen LogP contribution in [0, 0.1) is 0 Å². The van der Waals surface area contributed by atoms with Crippen molar-refractivity contribution in [3.05, 3.63) is 94.5 Å². The first-order valence-corrected chi connectivity index (χ1v) is 10.1. The first kappa shape index (κ1) is 17.0. The van der Waals surface area contributed by atoms with E-state index in [2.05, 4.69) is 39.7 Å². The van der Waals surface area contributed by atoms with E-state index in [-0.39, 0.29) is 11.7 Å². The molecular weight excluding hydrogens is 368 g/mol. The maximum Gasteiger partial charge on any atom is 0.258 e. The highest BCUT2D eigenvalue weighted by Gasteiger charge is 2.26. The third-order valence-electron chi connectivity index (χ3n) is 5.15. The minimum Gasteiger partial charge on any atom is -0.486 e. The van der Waals surface area contributed by atoms with Gasteiger partial charge in [-0.15, -0.1) is 0 Å². The van der Waals surface area contributed by atoms with E-state index < -0.39 is 0 Å². The van der Waals surface area contributed by atoms with Gasteiger partial charge in [0.15, 0.2) is 0 Å².